The predicted molar refractivity (Wildman–Crippen MR) is 52.6 cm³/mol. The second kappa shape index (κ2) is 3.63. The number of hydrogen-bond acceptors (Lipinski definition) is 4. The molecule has 3 N–H and O–H groups in total. The van der Waals surface area contributed by atoms with E-state index in [1.807, 2.05) is 0 Å². The average Bonchev–Trinajstić information content (AvgIpc) is 2.15. The van der Waals surface area contributed by atoms with Gasteiger partial charge in [0.15, 0.2) is 0 Å². The fourth-order valence-corrected chi connectivity index (χ4v) is 1.39. The Morgan fingerprint density at radius 3 is 2.93 bits per heavy atom. The van der Waals surface area contributed by atoms with Crippen LogP contribution in [0.15, 0.2) is 18.5 Å². The van der Waals surface area contributed by atoms with E-state index in [4.69, 9.17) is 5.84 Å². The first-order valence-corrected chi connectivity index (χ1v) is 4.53. The van der Waals surface area contributed by atoms with Crippen molar-refractivity contribution in [2.24, 2.45) is 5.84 Å². The third-order valence-corrected chi connectivity index (χ3v) is 2.35. The summed E-state index contributed by atoms with van der Waals surface area (Å²) < 4.78 is 0. The highest BCUT2D eigenvalue weighted by molar-refractivity contribution is 5.99. The summed E-state index contributed by atoms with van der Waals surface area (Å²) in [6.45, 7) is 1.68. The predicted octanol–water partition coefficient (Wildman–Crippen LogP) is 0.213. The smallest absolute Gasteiger partial charge is 0.256 e. The summed E-state index contributed by atoms with van der Waals surface area (Å²) >= 11 is 0. The van der Waals surface area contributed by atoms with Crippen LogP contribution in [0.25, 0.3) is 0 Å². The number of nitrogen functional groups attached to an aromatic ring is 1. The van der Waals surface area contributed by atoms with Gasteiger partial charge in [-0.2, -0.15) is 0 Å². The molecule has 0 radical (unpaired) electrons. The summed E-state index contributed by atoms with van der Waals surface area (Å²) in [5, 5.41) is 0. The number of rotatable bonds is 2. The van der Waals surface area contributed by atoms with Gasteiger partial charge in [-0.15, -0.1) is 0 Å². The van der Waals surface area contributed by atoms with Crippen LogP contribution in [-0.2, 0) is 0 Å². The first-order chi connectivity index (χ1) is 6.83. The number of pyridine rings is 1. The zero-order valence-corrected chi connectivity index (χ0v) is 7.73. The summed E-state index contributed by atoms with van der Waals surface area (Å²) in [5.74, 6) is 5.31. The number of likely N-dealkylation sites (tertiary alicyclic amines) is 1. The van der Waals surface area contributed by atoms with Gasteiger partial charge in [0, 0.05) is 19.3 Å². The van der Waals surface area contributed by atoms with Gasteiger partial charge in [0.05, 0.1) is 17.4 Å². The van der Waals surface area contributed by atoms with E-state index in [1.165, 1.54) is 0 Å². The maximum Gasteiger partial charge on any atom is 0.256 e. The monoisotopic (exact) mass is 192 g/mol. The van der Waals surface area contributed by atoms with Crippen molar-refractivity contribution in [1.82, 2.24) is 9.88 Å². The lowest BCUT2D eigenvalue weighted by Gasteiger charge is -2.31. The Balaban J connectivity index is 2.25. The summed E-state index contributed by atoms with van der Waals surface area (Å²) in [7, 11) is 0. The minimum absolute atomic E-state index is 0.0200. The van der Waals surface area contributed by atoms with E-state index < -0.39 is 0 Å². The largest absolute Gasteiger partial charge is 0.338 e. The topological polar surface area (TPSA) is 71.2 Å². The molecule has 74 valence electrons. The van der Waals surface area contributed by atoms with Crippen LogP contribution in [0, 0.1) is 0 Å². The summed E-state index contributed by atoms with van der Waals surface area (Å²) in [5.41, 5.74) is 3.63. The molecule has 0 bridgehead atoms. The molecule has 1 aromatic heterocycles. The van der Waals surface area contributed by atoms with Crippen molar-refractivity contribution in [3.05, 3.63) is 24.0 Å². The highest BCUT2D eigenvalue weighted by Crippen LogP contribution is 2.17. The summed E-state index contributed by atoms with van der Waals surface area (Å²) in [4.78, 5) is 17.5. The highest BCUT2D eigenvalue weighted by atomic mass is 16.2. The number of nitrogens with one attached hydrogen (secondary N) is 1. The maximum absolute atomic E-state index is 11.8. The van der Waals surface area contributed by atoms with Gasteiger partial charge in [-0.05, 0) is 12.5 Å². The molecule has 0 saturated carbocycles. The van der Waals surface area contributed by atoms with E-state index in [-0.39, 0.29) is 5.91 Å². The van der Waals surface area contributed by atoms with Crippen molar-refractivity contribution in [2.75, 3.05) is 18.5 Å². The van der Waals surface area contributed by atoms with Crippen LogP contribution in [0.3, 0.4) is 0 Å². The molecule has 5 nitrogen and oxygen atoms in total. The van der Waals surface area contributed by atoms with Crippen LogP contribution in [-0.4, -0.2) is 28.9 Å². The Labute approximate surface area is 81.9 Å². The van der Waals surface area contributed by atoms with Crippen LogP contribution in [0.5, 0.6) is 0 Å². The summed E-state index contributed by atoms with van der Waals surface area (Å²) in [6, 6.07) is 1.68. The van der Waals surface area contributed by atoms with Gasteiger partial charge in [-0.25, -0.2) is 0 Å². The number of carbonyl (C=O) groups is 1. The van der Waals surface area contributed by atoms with Crippen LogP contribution in [0.1, 0.15) is 16.8 Å². The highest BCUT2D eigenvalue weighted by Gasteiger charge is 2.23. The Hall–Kier alpha value is -1.62. The van der Waals surface area contributed by atoms with Crippen LogP contribution in [0.4, 0.5) is 5.69 Å². The molecule has 1 amide bonds. The van der Waals surface area contributed by atoms with E-state index in [0.717, 1.165) is 19.5 Å². The van der Waals surface area contributed by atoms with Crippen LogP contribution >= 0.6 is 0 Å². The van der Waals surface area contributed by atoms with Gasteiger partial charge in [0.1, 0.15) is 0 Å². The number of nitrogens with zero attached hydrogens (tertiary/aromatic N) is 2. The van der Waals surface area contributed by atoms with Gasteiger partial charge >= 0.3 is 0 Å². The Kier molecular flexibility index (Phi) is 2.32. The zero-order chi connectivity index (χ0) is 9.97. The number of amides is 1. The lowest BCUT2D eigenvalue weighted by atomic mass is 10.1. The van der Waals surface area contributed by atoms with Crippen molar-refractivity contribution in [3.63, 3.8) is 0 Å². The van der Waals surface area contributed by atoms with Gasteiger partial charge in [0.25, 0.3) is 5.91 Å². The molecular weight excluding hydrogens is 180 g/mol. The summed E-state index contributed by atoms with van der Waals surface area (Å²) in [6.07, 6.45) is 4.23. The van der Waals surface area contributed by atoms with Gasteiger partial charge < -0.3 is 10.3 Å². The minimum atomic E-state index is 0.0200. The van der Waals surface area contributed by atoms with E-state index in [0.29, 0.717) is 11.3 Å². The van der Waals surface area contributed by atoms with Crippen molar-refractivity contribution in [3.8, 4) is 0 Å². The lowest BCUT2D eigenvalue weighted by molar-refractivity contribution is 0.0652. The number of carbonyl (C=O) groups excluding carboxylic acids is 1. The number of aromatic nitrogens is 1. The molecule has 1 fully saturated rings. The Bertz CT molecular complexity index is 348. The molecule has 2 heterocycles. The third-order valence-electron chi connectivity index (χ3n) is 2.35. The first-order valence-electron chi connectivity index (χ1n) is 4.53. The molecular formula is C9H12N4O. The fourth-order valence-electron chi connectivity index (χ4n) is 1.39. The molecule has 1 aliphatic rings. The molecule has 0 spiro atoms. The Morgan fingerprint density at radius 2 is 2.36 bits per heavy atom. The number of hydrazine groups is 1. The van der Waals surface area contributed by atoms with E-state index in [2.05, 4.69) is 10.4 Å². The molecule has 1 aliphatic heterocycles. The average molecular weight is 192 g/mol. The fraction of sp³-hybridized carbons (Fsp3) is 0.333. The van der Waals surface area contributed by atoms with Crippen molar-refractivity contribution < 1.29 is 4.79 Å². The van der Waals surface area contributed by atoms with Crippen molar-refractivity contribution in [1.29, 1.82) is 0 Å². The van der Waals surface area contributed by atoms with Gasteiger partial charge in [-0.1, -0.05) is 0 Å². The Morgan fingerprint density at radius 1 is 1.57 bits per heavy atom. The molecule has 1 saturated heterocycles. The zero-order valence-electron chi connectivity index (χ0n) is 7.73. The number of nitrogens with two attached hydrogens (primary N) is 1. The molecule has 14 heavy (non-hydrogen) atoms. The first kappa shape index (κ1) is 8.96. The molecule has 2 rings (SSSR count). The standard InChI is InChI=1S/C9H12N4O/c10-12-8-6-11-3-2-7(8)9(14)13-4-1-5-13/h2-3,6,12H,1,4-5,10H2. The number of anilines is 1. The quantitative estimate of drug-likeness (QED) is 0.519. The van der Waals surface area contributed by atoms with E-state index in [9.17, 15) is 4.79 Å². The van der Waals surface area contributed by atoms with Gasteiger partial charge in [0.2, 0.25) is 0 Å². The lowest BCUT2D eigenvalue weighted by Crippen LogP contribution is -2.42. The normalized spacial score (nSPS) is 14.8. The molecule has 0 aromatic carbocycles. The molecule has 1 aromatic rings. The third kappa shape index (κ3) is 1.42. The SMILES string of the molecule is NNc1cnccc1C(=O)N1CCC1. The van der Waals surface area contributed by atoms with Crippen LogP contribution < -0.4 is 11.3 Å². The van der Waals surface area contributed by atoms with E-state index >= 15 is 0 Å². The van der Waals surface area contributed by atoms with Crippen LogP contribution in [0.2, 0.25) is 0 Å². The second-order valence-electron chi connectivity index (χ2n) is 3.21. The molecule has 0 unspecified atom stereocenters. The number of hydrogen-bond donors (Lipinski definition) is 2. The maximum atomic E-state index is 11.8. The molecule has 0 aliphatic carbocycles. The minimum Gasteiger partial charge on any atom is -0.338 e. The van der Waals surface area contributed by atoms with Gasteiger partial charge in [-0.3, -0.25) is 15.6 Å². The second-order valence-corrected chi connectivity index (χ2v) is 3.21. The van der Waals surface area contributed by atoms with Crippen molar-refractivity contribution >= 4 is 11.6 Å². The molecule has 5 heteroatoms. The molecule has 0 atom stereocenters. The van der Waals surface area contributed by atoms with Crippen molar-refractivity contribution in [2.45, 2.75) is 6.42 Å². The van der Waals surface area contributed by atoms with E-state index in [1.54, 1.807) is 23.4 Å².